The van der Waals surface area contributed by atoms with Crippen LogP contribution < -0.4 is 5.32 Å². The molecule has 0 radical (unpaired) electrons. The zero-order valence-electron chi connectivity index (χ0n) is 11.2. The van der Waals surface area contributed by atoms with Crippen molar-refractivity contribution in [1.82, 2.24) is 4.98 Å². The van der Waals surface area contributed by atoms with Gasteiger partial charge in [-0.1, -0.05) is 0 Å². The Morgan fingerprint density at radius 2 is 2.05 bits per heavy atom. The fourth-order valence-electron chi connectivity index (χ4n) is 1.65. The lowest BCUT2D eigenvalue weighted by molar-refractivity contribution is -0.136. The number of benzene rings is 1. The van der Waals surface area contributed by atoms with E-state index < -0.39 is 11.9 Å². The second-order valence-corrected chi connectivity index (χ2v) is 5.36. The Hall–Kier alpha value is -2.28. The Kier molecular flexibility index (Phi) is 4.64. The highest BCUT2D eigenvalue weighted by Gasteiger charge is 2.19. The zero-order valence-corrected chi connectivity index (χ0v) is 12.0. The van der Waals surface area contributed by atoms with Crippen molar-refractivity contribution in [2.45, 2.75) is 19.3 Å². The molecule has 110 valence electrons. The van der Waals surface area contributed by atoms with E-state index in [0.717, 1.165) is 0 Å². The van der Waals surface area contributed by atoms with Gasteiger partial charge in [0.05, 0.1) is 18.0 Å². The first kappa shape index (κ1) is 15.1. The molecule has 2 N–H and O–H groups in total. The molecule has 0 saturated carbocycles. The fraction of sp³-hybridized carbons (Fsp3) is 0.214. The molecule has 2 aromatic rings. The molecule has 21 heavy (non-hydrogen) atoms. The topological polar surface area (TPSA) is 79.3 Å². The van der Waals surface area contributed by atoms with E-state index in [1.807, 2.05) is 0 Å². The summed E-state index contributed by atoms with van der Waals surface area (Å²) in [5, 5.41) is 13.5. The van der Waals surface area contributed by atoms with Crippen LogP contribution in [0.3, 0.4) is 0 Å². The van der Waals surface area contributed by atoms with Crippen molar-refractivity contribution >= 4 is 28.9 Å². The number of halogens is 1. The molecule has 5 nitrogen and oxygen atoms in total. The van der Waals surface area contributed by atoms with Crippen LogP contribution in [0.25, 0.3) is 0 Å². The van der Waals surface area contributed by atoms with Crippen LogP contribution in [-0.2, 0) is 16.0 Å². The highest BCUT2D eigenvalue weighted by atomic mass is 32.1. The number of hydrogen-bond donors (Lipinski definition) is 2. The number of anilines is 1. The lowest BCUT2D eigenvalue weighted by atomic mass is 10.1. The summed E-state index contributed by atoms with van der Waals surface area (Å²) in [4.78, 5) is 26.8. The van der Waals surface area contributed by atoms with Crippen LogP contribution in [0.1, 0.15) is 23.5 Å². The maximum Gasteiger partial charge on any atom is 0.309 e. The molecule has 0 fully saturated rings. The third-order valence-corrected chi connectivity index (χ3v) is 3.85. The average Bonchev–Trinajstić information content (AvgIpc) is 2.88. The van der Waals surface area contributed by atoms with E-state index in [0.29, 0.717) is 16.4 Å². The van der Waals surface area contributed by atoms with E-state index in [-0.39, 0.29) is 18.1 Å². The molecule has 7 heteroatoms. The number of thiazole rings is 1. The van der Waals surface area contributed by atoms with E-state index in [9.17, 15) is 14.0 Å². The lowest BCUT2D eigenvalue weighted by Crippen LogP contribution is -2.18. The van der Waals surface area contributed by atoms with E-state index >= 15 is 0 Å². The summed E-state index contributed by atoms with van der Waals surface area (Å²) in [5.74, 6) is -2.13. The Labute approximate surface area is 124 Å². The summed E-state index contributed by atoms with van der Waals surface area (Å²) >= 11 is 1.25. The van der Waals surface area contributed by atoms with Crippen LogP contribution in [0.2, 0.25) is 0 Å². The number of hydrogen-bond acceptors (Lipinski definition) is 4. The number of carbonyl (C=O) groups excluding carboxylic acids is 1. The quantitative estimate of drug-likeness (QED) is 0.890. The maximum atomic E-state index is 12.8. The summed E-state index contributed by atoms with van der Waals surface area (Å²) < 4.78 is 12.8. The van der Waals surface area contributed by atoms with Crippen molar-refractivity contribution in [2.75, 3.05) is 5.32 Å². The molecular weight excluding hydrogens is 295 g/mol. The first-order valence-corrected chi connectivity index (χ1v) is 7.06. The number of aromatic nitrogens is 1. The third kappa shape index (κ3) is 4.09. The maximum absolute atomic E-state index is 12.8. The first-order valence-electron chi connectivity index (χ1n) is 6.18. The molecule has 1 aromatic carbocycles. The number of rotatable bonds is 5. The number of carboxylic acids is 1. The summed E-state index contributed by atoms with van der Waals surface area (Å²) in [6, 6.07) is 5.46. The normalized spacial score (nSPS) is 11.9. The van der Waals surface area contributed by atoms with Gasteiger partial charge in [0, 0.05) is 11.1 Å². The van der Waals surface area contributed by atoms with Gasteiger partial charge in [-0.15, -0.1) is 11.3 Å². The minimum atomic E-state index is -0.963. The first-order chi connectivity index (χ1) is 9.95. The summed E-state index contributed by atoms with van der Waals surface area (Å²) in [6.45, 7) is 1.68. The van der Waals surface area contributed by atoms with E-state index in [4.69, 9.17) is 5.11 Å². The smallest absolute Gasteiger partial charge is 0.309 e. The molecule has 0 aliphatic rings. The molecule has 0 unspecified atom stereocenters. The SMILES string of the molecule is C[C@@H](C(=O)Nc1ccc(F)cc1)c1nc(CC(=O)O)cs1. The van der Waals surface area contributed by atoms with E-state index in [2.05, 4.69) is 10.3 Å². The zero-order chi connectivity index (χ0) is 15.4. The Balaban J connectivity index is 2.03. The van der Waals surface area contributed by atoms with Crippen LogP contribution in [0.5, 0.6) is 0 Å². The summed E-state index contributed by atoms with van der Waals surface area (Å²) in [6.07, 6.45) is -0.164. The predicted molar refractivity (Wildman–Crippen MR) is 76.9 cm³/mol. The van der Waals surface area contributed by atoms with Crippen molar-refractivity contribution in [3.8, 4) is 0 Å². The van der Waals surface area contributed by atoms with Crippen molar-refractivity contribution in [3.63, 3.8) is 0 Å². The second kappa shape index (κ2) is 6.45. The minimum Gasteiger partial charge on any atom is -0.481 e. The number of nitrogens with zero attached hydrogens (tertiary/aromatic N) is 1. The highest BCUT2D eigenvalue weighted by Crippen LogP contribution is 2.22. The molecule has 0 aliphatic carbocycles. The molecule has 0 saturated heterocycles. The molecule has 0 bridgehead atoms. The van der Waals surface area contributed by atoms with Crippen LogP contribution in [0.4, 0.5) is 10.1 Å². The molecule has 1 atom stereocenters. The fourth-order valence-corrected chi connectivity index (χ4v) is 2.53. The molecule has 1 aromatic heterocycles. The Morgan fingerprint density at radius 1 is 1.38 bits per heavy atom. The van der Waals surface area contributed by atoms with E-state index in [1.54, 1.807) is 12.3 Å². The molecular formula is C14H13FN2O3S. The number of carboxylic acid groups (broad SMARTS) is 1. The van der Waals surface area contributed by atoms with Gasteiger partial charge in [-0.3, -0.25) is 9.59 Å². The van der Waals surface area contributed by atoms with Gasteiger partial charge in [0.25, 0.3) is 0 Å². The minimum absolute atomic E-state index is 0.164. The van der Waals surface area contributed by atoms with Gasteiger partial charge in [0.1, 0.15) is 10.8 Å². The van der Waals surface area contributed by atoms with Gasteiger partial charge >= 0.3 is 5.97 Å². The van der Waals surface area contributed by atoms with Crippen LogP contribution >= 0.6 is 11.3 Å². The Morgan fingerprint density at radius 3 is 2.67 bits per heavy atom. The molecule has 1 amide bonds. The second-order valence-electron chi connectivity index (χ2n) is 4.47. The molecule has 0 spiro atoms. The number of amides is 1. The van der Waals surface area contributed by atoms with Gasteiger partial charge in [-0.2, -0.15) is 0 Å². The lowest BCUT2D eigenvalue weighted by Gasteiger charge is -2.09. The largest absolute Gasteiger partial charge is 0.481 e. The van der Waals surface area contributed by atoms with Crippen molar-refractivity contribution in [3.05, 3.63) is 46.2 Å². The van der Waals surface area contributed by atoms with Gasteiger partial charge in [0.2, 0.25) is 5.91 Å². The standard InChI is InChI=1S/C14H13FN2O3S/c1-8(14-17-11(7-21-14)6-12(18)19)13(20)16-10-4-2-9(15)3-5-10/h2-5,7-8H,6H2,1H3,(H,16,20)(H,18,19)/t8-/m0/s1. The Bertz CT molecular complexity index is 654. The van der Waals surface area contributed by atoms with Gasteiger partial charge < -0.3 is 10.4 Å². The molecule has 0 aliphatic heterocycles. The monoisotopic (exact) mass is 308 g/mol. The number of carbonyl (C=O) groups is 2. The van der Waals surface area contributed by atoms with E-state index in [1.165, 1.54) is 35.6 Å². The molecule has 1 heterocycles. The number of aliphatic carboxylic acids is 1. The van der Waals surface area contributed by atoms with Crippen LogP contribution in [-0.4, -0.2) is 22.0 Å². The third-order valence-electron chi connectivity index (χ3n) is 2.78. The van der Waals surface area contributed by atoms with Crippen molar-refractivity contribution < 1.29 is 19.1 Å². The van der Waals surface area contributed by atoms with Crippen LogP contribution in [0.15, 0.2) is 29.6 Å². The van der Waals surface area contributed by atoms with Crippen molar-refractivity contribution in [2.24, 2.45) is 0 Å². The van der Waals surface area contributed by atoms with Crippen LogP contribution in [0, 0.1) is 5.82 Å². The summed E-state index contributed by atoms with van der Waals surface area (Å²) in [7, 11) is 0. The predicted octanol–water partition coefficient (Wildman–Crippen LogP) is 2.65. The average molecular weight is 308 g/mol. The summed E-state index contributed by atoms with van der Waals surface area (Å²) in [5.41, 5.74) is 0.930. The van der Waals surface area contributed by atoms with Crippen molar-refractivity contribution in [1.29, 1.82) is 0 Å². The van der Waals surface area contributed by atoms with Gasteiger partial charge in [-0.05, 0) is 31.2 Å². The molecule has 2 rings (SSSR count). The van der Waals surface area contributed by atoms with Gasteiger partial charge in [-0.25, -0.2) is 9.37 Å². The highest BCUT2D eigenvalue weighted by molar-refractivity contribution is 7.09. The number of nitrogens with one attached hydrogen (secondary N) is 1. The van der Waals surface area contributed by atoms with Gasteiger partial charge in [0.15, 0.2) is 0 Å².